The highest BCUT2D eigenvalue weighted by atomic mass is 32.1. The normalized spacial score (nSPS) is 13.7. The lowest BCUT2D eigenvalue weighted by Crippen LogP contribution is -2.42. The third-order valence-corrected chi connectivity index (χ3v) is 3.91. The molecule has 16 heavy (non-hydrogen) atoms. The summed E-state index contributed by atoms with van der Waals surface area (Å²) in [4.78, 5) is 8.09. The van der Waals surface area contributed by atoms with Gasteiger partial charge in [-0.1, -0.05) is 13.8 Å². The van der Waals surface area contributed by atoms with E-state index in [-0.39, 0.29) is 0 Å². The molecule has 0 aliphatic rings. The molecule has 1 heterocycles. The fraction of sp³-hybridized carbons (Fsp3) is 0.750. The van der Waals surface area contributed by atoms with E-state index >= 15 is 0 Å². The molecule has 0 saturated carbocycles. The molecule has 1 aromatic rings. The van der Waals surface area contributed by atoms with Gasteiger partial charge in [0.25, 0.3) is 0 Å². The molecule has 0 aliphatic heterocycles. The second-order valence-corrected chi connectivity index (χ2v) is 5.58. The van der Waals surface area contributed by atoms with Crippen LogP contribution in [-0.2, 0) is 6.54 Å². The van der Waals surface area contributed by atoms with Crippen LogP contribution in [0.4, 0.5) is 0 Å². The number of nitrogens with zero attached hydrogens (tertiary/aromatic N) is 2. The summed E-state index contributed by atoms with van der Waals surface area (Å²) in [5.74, 6) is 0.658. The molecule has 0 bridgehead atoms. The van der Waals surface area contributed by atoms with E-state index < -0.39 is 0 Å². The minimum absolute atomic E-state index is 0.575. The van der Waals surface area contributed by atoms with Gasteiger partial charge in [0.05, 0.1) is 11.2 Å². The molecule has 0 spiro atoms. The van der Waals surface area contributed by atoms with Crippen molar-refractivity contribution in [2.75, 3.05) is 20.6 Å². The van der Waals surface area contributed by atoms with Gasteiger partial charge in [0.1, 0.15) is 0 Å². The Labute approximate surface area is 103 Å². The number of aryl methyl sites for hydroxylation is 1. The topological polar surface area (TPSA) is 28.2 Å². The molecule has 1 rings (SSSR count). The van der Waals surface area contributed by atoms with Gasteiger partial charge in [0.15, 0.2) is 0 Å². The van der Waals surface area contributed by atoms with Gasteiger partial charge in [-0.3, -0.25) is 4.90 Å². The molecule has 0 amide bonds. The van der Waals surface area contributed by atoms with Crippen LogP contribution in [0.2, 0.25) is 0 Å². The number of thiazole rings is 1. The Hall–Kier alpha value is -0.450. The quantitative estimate of drug-likeness (QED) is 0.827. The van der Waals surface area contributed by atoms with Crippen LogP contribution in [0.1, 0.15) is 24.4 Å². The molecule has 3 nitrogen and oxygen atoms in total. The Morgan fingerprint density at radius 2 is 2.19 bits per heavy atom. The molecule has 1 N–H and O–H groups in total. The smallest absolute Gasteiger partial charge is 0.0798 e. The van der Waals surface area contributed by atoms with Crippen LogP contribution in [0, 0.1) is 12.8 Å². The van der Waals surface area contributed by atoms with E-state index in [4.69, 9.17) is 0 Å². The summed E-state index contributed by atoms with van der Waals surface area (Å²) in [6.07, 6.45) is 0. The van der Waals surface area contributed by atoms with Crippen LogP contribution >= 0.6 is 11.3 Å². The predicted molar refractivity (Wildman–Crippen MR) is 70.9 cm³/mol. The van der Waals surface area contributed by atoms with Crippen molar-refractivity contribution in [3.05, 3.63) is 16.1 Å². The van der Waals surface area contributed by atoms with Crippen LogP contribution in [-0.4, -0.2) is 36.6 Å². The van der Waals surface area contributed by atoms with Gasteiger partial charge in [-0.25, -0.2) is 4.98 Å². The number of aromatic nitrogens is 1. The molecular formula is C12H23N3S. The first-order valence-electron chi connectivity index (χ1n) is 5.80. The van der Waals surface area contributed by atoms with Crippen molar-refractivity contribution in [1.82, 2.24) is 15.2 Å². The molecule has 0 fully saturated rings. The van der Waals surface area contributed by atoms with Crippen molar-refractivity contribution in [2.45, 2.75) is 33.4 Å². The Bertz CT molecular complexity index is 309. The predicted octanol–water partition coefficient (Wildman–Crippen LogP) is 2.13. The lowest BCUT2D eigenvalue weighted by atomic mass is 10.0. The van der Waals surface area contributed by atoms with Gasteiger partial charge in [-0.05, 0) is 26.9 Å². The third kappa shape index (κ3) is 3.54. The number of likely N-dealkylation sites (N-methyl/N-ethyl adjacent to an activating group) is 2. The Morgan fingerprint density at radius 3 is 2.62 bits per heavy atom. The second kappa shape index (κ2) is 6.33. The second-order valence-electron chi connectivity index (χ2n) is 4.65. The van der Waals surface area contributed by atoms with Crippen molar-refractivity contribution < 1.29 is 0 Å². The van der Waals surface area contributed by atoms with Crippen LogP contribution in [0.15, 0.2) is 5.51 Å². The van der Waals surface area contributed by atoms with E-state index in [1.165, 1.54) is 10.6 Å². The van der Waals surface area contributed by atoms with E-state index in [0.29, 0.717) is 12.0 Å². The number of rotatable bonds is 6. The zero-order valence-corrected chi connectivity index (χ0v) is 11.8. The van der Waals surface area contributed by atoms with Crippen molar-refractivity contribution in [3.63, 3.8) is 0 Å². The summed E-state index contributed by atoms with van der Waals surface area (Å²) in [6, 6.07) is 0.575. The Morgan fingerprint density at radius 1 is 1.50 bits per heavy atom. The highest BCUT2D eigenvalue weighted by molar-refractivity contribution is 7.09. The molecule has 92 valence electrons. The van der Waals surface area contributed by atoms with Gasteiger partial charge in [-0.2, -0.15) is 0 Å². The van der Waals surface area contributed by atoms with Gasteiger partial charge in [0, 0.05) is 24.0 Å². The van der Waals surface area contributed by atoms with Crippen LogP contribution in [0.25, 0.3) is 0 Å². The van der Waals surface area contributed by atoms with Crippen LogP contribution in [0.3, 0.4) is 0 Å². The molecular weight excluding hydrogens is 218 g/mol. The van der Waals surface area contributed by atoms with E-state index in [0.717, 1.165) is 13.1 Å². The lowest BCUT2D eigenvalue weighted by molar-refractivity contribution is 0.183. The van der Waals surface area contributed by atoms with Crippen molar-refractivity contribution in [1.29, 1.82) is 0 Å². The highest BCUT2D eigenvalue weighted by Gasteiger charge is 2.18. The summed E-state index contributed by atoms with van der Waals surface area (Å²) in [5, 5.41) is 3.27. The van der Waals surface area contributed by atoms with E-state index in [1.807, 2.05) is 12.6 Å². The number of hydrogen-bond acceptors (Lipinski definition) is 4. The van der Waals surface area contributed by atoms with Gasteiger partial charge >= 0.3 is 0 Å². The van der Waals surface area contributed by atoms with Crippen molar-refractivity contribution in [3.8, 4) is 0 Å². The van der Waals surface area contributed by atoms with Gasteiger partial charge in [0.2, 0.25) is 0 Å². The minimum atomic E-state index is 0.575. The van der Waals surface area contributed by atoms with Crippen molar-refractivity contribution in [2.24, 2.45) is 5.92 Å². The first-order chi connectivity index (χ1) is 7.56. The Balaban J connectivity index is 2.62. The zero-order chi connectivity index (χ0) is 12.1. The number of nitrogens with one attached hydrogen (secondary N) is 1. The molecule has 0 saturated heterocycles. The third-order valence-electron chi connectivity index (χ3n) is 2.99. The van der Waals surface area contributed by atoms with E-state index in [2.05, 4.69) is 43.0 Å². The SMILES string of the molecule is CNCC(C(C)C)N(C)Cc1scnc1C. The fourth-order valence-corrected chi connectivity index (χ4v) is 2.77. The first-order valence-corrected chi connectivity index (χ1v) is 6.68. The van der Waals surface area contributed by atoms with Crippen molar-refractivity contribution >= 4 is 11.3 Å². The van der Waals surface area contributed by atoms with Crippen LogP contribution in [0.5, 0.6) is 0 Å². The maximum absolute atomic E-state index is 4.30. The summed E-state index contributed by atoms with van der Waals surface area (Å²) in [6.45, 7) is 8.67. The number of hydrogen-bond donors (Lipinski definition) is 1. The summed E-state index contributed by atoms with van der Waals surface area (Å²) in [7, 11) is 4.21. The molecule has 1 atom stereocenters. The standard InChI is InChI=1S/C12H23N3S/c1-9(2)11(6-13-4)15(5)7-12-10(3)14-8-16-12/h8-9,11,13H,6-7H2,1-5H3. The molecule has 0 aliphatic carbocycles. The fourth-order valence-electron chi connectivity index (χ4n) is 1.93. The molecule has 4 heteroatoms. The summed E-state index contributed by atoms with van der Waals surface area (Å²) >= 11 is 1.75. The lowest BCUT2D eigenvalue weighted by Gasteiger charge is -2.30. The van der Waals surface area contributed by atoms with Gasteiger partial charge < -0.3 is 5.32 Å². The minimum Gasteiger partial charge on any atom is -0.318 e. The first kappa shape index (κ1) is 13.6. The maximum atomic E-state index is 4.30. The average molecular weight is 241 g/mol. The monoisotopic (exact) mass is 241 g/mol. The maximum Gasteiger partial charge on any atom is 0.0798 e. The molecule has 1 aromatic heterocycles. The summed E-state index contributed by atoms with van der Waals surface area (Å²) in [5.41, 5.74) is 3.10. The van der Waals surface area contributed by atoms with Gasteiger partial charge in [-0.15, -0.1) is 11.3 Å². The van der Waals surface area contributed by atoms with Crippen LogP contribution < -0.4 is 5.32 Å². The zero-order valence-electron chi connectivity index (χ0n) is 10.9. The molecule has 0 aromatic carbocycles. The largest absolute Gasteiger partial charge is 0.318 e. The Kier molecular flexibility index (Phi) is 5.38. The highest BCUT2D eigenvalue weighted by Crippen LogP contribution is 2.17. The molecule has 1 unspecified atom stereocenters. The van der Waals surface area contributed by atoms with E-state index in [9.17, 15) is 0 Å². The van der Waals surface area contributed by atoms with E-state index in [1.54, 1.807) is 11.3 Å². The average Bonchev–Trinajstić information content (AvgIpc) is 2.60. The summed E-state index contributed by atoms with van der Waals surface area (Å²) < 4.78 is 0. The molecule has 0 radical (unpaired) electrons.